The molecule has 0 aromatic carbocycles. The first kappa shape index (κ1) is 9.76. The summed E-state index contributed by atoms with van der Waals surface area (Å²) in [6, 6.07) is 3.66. The monoisotopic (exact) mass is 175 g/mol. The number of rotatable bonds is 3. The van der Waals surface area contributed by atoms with E-state index in [-0.39, 0.29) is 0 Å². The molecular formula is C11H13NO. The molecule has 1 aromatic rings. The molecule has 1 rings (SSSR count). The third-order valence-electron chi connectivity index (χ3n) is 2.04. The van der Waals surface area contributed by atoms with Crippen LogP contribution in [-0.4, -0.2) is 10.1 Å². The molecule has 1 N–H and O–H groups in total. The van der Waals surface area contributed by atoms with E-state index in [1.54, 1.807) is 25.4 Å². The van der Waals surface area contributed by atoms with E-state index >= 15 is 0 Å². The molecule has 68 valence electrons. The molecule has 0 aliphatic carbocycles. The van der Waals surface area contributed by atoms with Crippen LogP contribution in [0.3, 0.4) is 0 Å². The Kier molecular flexibility index (Phi) is 3.05. The van der Waals surface area contributed by atoms with E-state index in [0.717, 1.165) is 5.56 Å². The predicted octanol–water partition coefficient (Wildman–Crippen LogP) is 1.70. The van der Waals surface area contributed by atoms with Crippen molar-refractivity contribution in [3.05, 3.63) is 30.1 Å². The summed E-state index contributed by atoms with van der Waals surface area (Å²) in [6.07, 6.45) is 9.62. The van der Waals surface area contributed by atoms with Gasteiger partial charge in [0.2, 0.25) is 0 Å². The molecule has 1 unspecified atom stereocenters. The molecule has 0 aliphatic rings. The van der Waals surface area contributed by atoms with Crippen molar-refractivity contribution in [1.29, 1.82) is 0 Å². The van der Waals surface area contributed by atoms with Crippen LogP contribution in [0.25, 0.3) is 0 Å². The van der Waals surface area contributed by atoms with Gasteiger partial charge in [-0.2, -0.15) is 0 Å². The highest BCUT2D eigenvalue weighted by atomic mass is 16.3. The van der Waals surface area contributed by atoms with Gasteiger partial charge in [-0.05, 0) is 19.4 Å². The molecule has 0 saturated carbocycles. The van der Waals surface area contributed by atoms with E-state index in [0.29, 0.717) is 12.8 Å². The van der Waals surface area contributed by atoms with Crippen LogP contribution in [0.15, 0.2) is 24.5 Å². The Hall–Kier alpha value is -1.33. The zero-order valence-electron chi connectivity index (χ0n) is 7.70. The molecule has 0 fully saturated rings. The van der Waals surface area contributed by atoms with Crippen LogP contribution in [0.4, 0.5) is 0 Å². The second-order valence-electron chi connectivity index (χ2n) is 3.22. The lowest BCUT2D eigenvalue weighted by molar-refractivity contribution is 0.0490. The van der Waals surface area contributed by atoms with E-state index in [9.17, 15) is 5.11 Å². The van der Waals surface area contributed by atoms with E-state index in [4.69, 9.17) is 6.42 Å². The predicted molar refractivity (Wildman–Crippen MR) is 51.9 cm³/mol. The zero-order valence-corrected chi connectivity index (χ0v) is 7.70. The molecule has 1 aromatic heterocycles. The van der Waals surface area contributed by atoms with Crippen molar-refractivity contribution in [2.45, 2.75) is 25.4 Å². The Morgan fingerprint density at radius 2 is 2.46 bits per heavy atom. The summed E-state index contributed by atoms with van der Waals surface area (Å²) in [4.78, 5) is 3.95. The number of nitrogens with zero attached hydrogens (tertiary/aromatic N) is 1. The molecule has 0 amide bonds. The maximum atomic E-state index is 9.98. The van der Waals surface area contributed by atoms with Gasteiger partial charge in [0.15, 0.2) is 0 Å². The van der Waals surface area contributed by atoms with Crippen LogP contribution < -0.4 is 0 Å². The molecule has 0 spiro atoms. The molecule has 0 radical (unpaired) electrons. The number of hydrogen-bond donors (Lipinski definition) is 1. The maximum absolute atomic E-state index is 9.98. The summed E-state index contributed by atoms with van der Waals surface area (Å²) < 4.78 is 0. The van der Waals surface area contributed by atoms with Crippen LogP contribution in [-0.2, 0) is 5.60 Å². The summed E-state index contributed by atoms with van der Waals surface area (Å²) in [6.45, 7) is 1.75. The Morgan fingerprint density at radius 1 is 1.69 bits per heavy atom. The van der Waals surface area contributed by atoms with Gasteiger partial charge in [-0.15, -0.1) is 12.3 Å². The van der Waals surface area contributed by atoms with Crippen molar-refractivity contribution < 1.29 is 5.11 Å². The van der Waals surface area contributed by atoms with Gasteiger partial charge in [-0.25, -0.2) is 0 Å². The van der Waals surface area contributed by atoms with Crippen molar-refractivity contribution in [1.82, 2.24) is 4.98 Å². The Balaban J connectivity index is 2.76. The Bertz CT molecular complexity index is 298. The summed E-state index contributed by atoms with van der Waals surface area (Å²) in [5.74, 6) is 2.51. The lowest BCUT2D eigenvalue weighted by Crippen LogP contribution is -2.20. The summed E-state index contributed by atoms with van der Waals surface area (Å²) >= 11 is 0. The highest BCUT2D eigenvalue weighted by Gasteiger charge is 2.21. The molecule has 0 bridgehead atoms. The normalized spacial score (nSPS) is 14.5. The highest BCUT2D eigenvalue weighted by Crippen LogP contribution is 2.24. The lowest BCUT2D eigenvalue weighted by atomic mass is 9.93. The van der Waals surface area contributed by atoms with Crippen LogP contribution in [0.1, 0.15) is 25.3 Å². The number of terminal acetylenes is 1. The summed E-state index contributed by atoms with van der Waals surface area (Å²) in [5.41, 5.74) is -0.0501. The van der Waals surface area contributed by atoms with Gasteiger partial charge in [0, 0.05) is 24.4 Å². The van der Waals surface area contributed by atoms with E-state index in [1.807, 2.05) is 6.07 Å². The minimum absolute atomic E-state index is 0.565. The largest absolute Gasteiger partial charge is 0.385 e. The van der Waals surface area contributed by atoms with Crippen molar-refractivity contribution in [3.8, 4) is 12.3 Å². The third kappa shape index (κ3) is 2.57. The first-order valence-corrected chi connectivity index (χ1v) is 4.23. The number of aliphatic hydroxyl groups is 1. The van der Waals surface area contributed by atoms with Crippen molar-refractivity contribution in [3.63, 3.8) is 0 Å². The first-order chi connectivity index (χ1) is 6.17. The number of aromatic nitrogens is 1. The summed E-state index contributed by atoms with van der Waals surface area (Å²) in [7, 11) is 0. The molecule has 0 aliphatic heterocycles. The van der Waals surface area contributed by atoms with Gasteiger partial charge in [-0.1, -0.05) is 6.07 Å². The molecule has 1 heterocycles. The fourth-order valence-electron chi connectivity index (χ4n) is 1.14. The average Bonchev–Trinajstić information content (AvgIpc) is 2.16. The first-order valence-electron chi connectivity index (χ1n) is 4.23. The van der Waals surface area contributed by atoms with Gasteiger partial charge in [0.25, 0.3) is 0 Å². The van der Waals surface area contributed by atoms with Gasteiger partial charge in [-0.3, -0.25) is 4.98 Å². The SMILES string of the molecule is C#CCCC(C)(O)c1cccnc1. The summed E-state index contributed by atoms with van der Waals surface area (Å²) in [5, 5.41) is 9.98. The van der Waals surface area contributed by atoms with E-state index in [1.165, 1.54) is 0 Å². The lowest BCUT2D eigenvalue weighted by Gasteiger charge is -2.22. The quantitative estimate of drug-likeness (QED) is 0.709. The van der Waals surface area contributed by atoms with Gasteiger partial charge in [0.05, 0.1) is 5.60 Å². The third-order valence-corrected chi connectivity index (χ3v) is 2.04. The minimum atomic E-state index is -0.860. The van der Waals surface area contributed by atoms with Crippen LogP contribution in [0.5, 0.6) is 0 Å². The Labute approximate surface area is 78.6 Å². The van der Waals surface area contributed by atoms with Gasteiger partial charge >= 0.3 is 0 Å². The second-order valence-corrected chi connectivity index (χ2v) is 3.22. The van der Waals surface area contributed by atoms with E-state index in [2.05, 4.69) is 10.9 Å². The zero-order chi connectivity index (χ0) is 9.73. The molecule has 2 nitrogen and oxygen atoms in total. The number of pyridine rings is 1. The molecule has 0 saturated heterocycles. The second kappa shape index (κ2) is 4.06. The molecular weight excluding hydrogens is 162 g/mol. The highest BCUT2D eigenvalue weighted by molar-refractivity contribution is 5.17. The van der Waals surface area contributed by atoms with Crippen molar-refractivity contribution >= 4 is 0 Å². The average molecular weight is 175 g/mol. The fourth-order valence-corrected chi connectivity index (χ4v) is 1.14. The molecule has 13 heavy (non-hydrogen) atoms. The smallest absolute Gasteiger partial charge is 0.0892 e. The minimum Gasteiger partial charge on any atom is -0.385 e. The van der Waals surface area contributed by atoms with Crippen LogP contribution in [0.2, 0.25) is 0 Å². The van der Waals surface area contributed by atoms with Gasteiger partial charge < -0.3 is 5.11 Å². The van der Waals surface area contributed by atoms with Crippen LogP contribution >= 0.6 is 0 Å². The molecule has 2 heteroatoms. The topological polar surface area (TPSA) is 33.1 Å². The van der Waals surface area contributed by atoms with Gasteiger partial charge in [0.1, 0.15) is 0 Å². The van der Waals surface area contributed by atoms with Crippen molar-refractivity contribution in [2.75, 3.05) is 0 Å². The van der Waals surface area contributed by atoms with Crippen LogP contribution in [0, 0.1) is 12.3 Å². The standard InChI is InChI=1S/C11H13NO/c1-3-4-7-11(2,13)10-6-5-8-12-9-10/h1,5-6,8-9,13H,4,7H2,2H3. The molecule has 1 atom stereocenters. The van der Waals surface area contributed by atoms with Crippen molar-refractivity contribution in [2.24, 2.45) is 0 Å². The fraction of sp³-hybridized carbons (Fsp3) is 0.364. The number of hydrogen-bond acceptors (Lipinski definition) is 2. The maximum Gasteiger partial charge on any atom is 0.0892 e. The van der Waals surface area contributed by atoms with E-state index < -0.39 is 5.60 Å². The Morgan fingerprint density at radius 3 is 3.00 bits per heavy atom.